The topological polar surface area (TPSA) is 46.5 Å². The summed E-state index contributed by atoms with van der Waals surface area (Å²) < 4.78 is 4.40. The molecule has 0 fully saturated rings. The third-order valence-electron chi connectivity index (χ3n) is 1.77. The van der Waals surface area contributed by atoms with Crippen LogP contribution in [0.5, 0.6) is 0 Å². The van der Waals surface area contributed by atoms with Crippen molar-refractivity contribution in [2.45, 2.75) is 27.7 Å². The molecule has 0 aromatic heterocycles. The second-order valence-electron chi connectivity index (χ2n) is 3.01. The smallest absolute Gasteiger partial charge is 0.302 e. The largest absolute Gasteiger partial charge is 0.466 e. The molecule has 1 N–H and O–H groups in total. The van der Waals surface area contributed by atoms with E-state index in [9.17, 15) is 4.79 Å². The Labute approximate surface area is 98.1 Å². The Morgan fingerprint density at radius 1 is 1.19 bits per heavy atom. The molecular formula is C13H22O3. The maximum atomic E-state index is 9.82. The molecule has 0 saturated carbocycles. The summed E-state index contributed by atoms with van der Waals surface area (Å²) in [5.74, 6) is -0.211. The fourth-order valence-corrected chi connectivity index (χ4v) is 0.866. The number of aryl methyl sites for hydroxylation is 2. The molecule has 92 valence electrons. The standard InChI is InChI=1S/C8H10.C4H8O2.CH4O/c1-7-5-3-4-6-8(7)2;1-3-6-4(2)5;1-2/h3-6H,1-2H3;3H2,1-2H3;2H,1H3. The van der Waals surface area contributed by atoms with Crippen LogP contribution in [0.4, 0.5) is 0 Å². The van der Waals surface area contributed by atoms with Crippen LogP contribution < -0.4 is 0 Å². The zero-order chi connectivity index (χ0) is 13.0. The molecular weight excluding hydrogens is 204 g/mol. The van der Waals surface area contributed by atoms with Gasteiger partial charge in [0, 0.05) is 14.0 Å². The summed E-state index contributed by atoms with van der Waals surface area (Å²) in [6.45, 7) is 7.89. The second-order valence-corrected chi connectivity index (χ2v) is 3.01. The fraction of sp³-hybridized carbons (Fsp3) is 0.462. The van der Waals surface area contributed by atoms with Gasteiger partial charge in [0.25, 0.3) is 0 Å². The van der Waals surface area contributed by atoms with Crippen LogP contribution in [0, 0.1) is 13.8 Å². The fourth-order valence-electron chi connectivity index (χ4n) is 0.866. The third-order valence-corrected chi connectivity index (χ3v) is 1.77. The normalized spacial score (nSPS) is 7.88. The quantitative estimate of drug-likeness (QED) is 0.748. The molecule has 0 unspecified atom stereocenters. The van der Waals surface area contributed by atoms with Crippen molar-refractivity contribution in [3.63, 3.8) is 0 Å². The molecule has 1 rings (SSSR count). The van der Waals surface area contributed by atoms with Crippen molar-refractivity contribution < 1.29 is 14.6 Å². The van der Waals surface area contributed by atoms with Crippen molar-refractivity contribution in [1.82, 2.24) is 0 Å². The molecule has 1 aromatic rings. The van der Waals surface area contributed by atoms with E-state index < -0.39 is 0 Å². The number of carbonyl (C=O) groups excluding carboxylic acids is 1. The van der Waals surface area contributed by atoms with Crippen LogP contribution in [0.3, 0.4) is 0 Å². The minimum absolute atomic E-state index is 0.211. The predicted molar refractivity (Wildman–Crippen MR) is 66.4 cm³/mol. The van der Waals surface area contributed by atoms with Gasteiger partial charge >= 0.3 is 5.97 Å². The van der Waals surface area contributed by atoms with E-state index in [1.54, 1.807) is 6.92 Å². The van der Waals surface area contributed by atoms with E-state index in [1.165, 1.54) is 18.1 Å². The minimum atomic E-state index is -0.211. The number of ether oxygens (including phenoxy) is 1. The summed E-state index contributed by atoms with van der Waals surface area (Å²) in [6.07, 6.45) is 0. The highest BCUT2D eigenvalue weighted by Gasteiger charge is 1.84. The molecule has 16 heavy (non-hydrogen) atoms. The van der Waals surface area contributed by atoms with Gasteiger partial charge in [0.2, 0.25) is 0 Å². The van der Waals surface area contributed by atoms with E-state index in [-0.39, 0.29) is 5.97 Å². The lowest BCUT2D eigenvalue weighted by atomic mass is 10.1. The SMILES string of the molecule is CCOC(C)=O.CO.Cc1ccccc1C. The van der Waals surface area contributed by atoms with Crippen LogP contribution in [0.1, 0.15) is 25.0 Å². The minimum Gasteiger partial charge on any atom is -0.466 e. The molecule has 0 aliphatic heterocycles. The molecule has 0 bridgehead atoms. The van der Waals surface area contributed by atoms with Gasteiger partial charge in [0.05, 0.1) is 6.61 Å². The number of aliphatic hydroxyl groups is 1. The second kappa shape index (κ2) is 11.7. The Morgan fingerprint density at radius 2 is 1.56 bits per heavy atom. The first kappa shape index (κ1) is 17.1. The summed E-state index contributed by atoms with van der Waals surface area (Å²) in [6, 6.07) is 8.36. The van der Waals surface area contributed by atoms with Crippen LogP contribution in [-0.2, 0) is 9.53 Å². The lowest BCUT2D eigenvalue weighted by molar-refractivity contribution is -0.140. The van der Waals surface area contributed by atoms with Gasteiger partial charge in [-0.2, -0.15) is 0 Å². The zero-order valence-electron chi connectivity index (χ0n) is 10.8. The Morgan fingerprint density at radius 3 is 1.69 bits per heavy atom. The zero-order valence-corrected chi connectivity index (χ0v) is 10.8. The number of hydrogen-bond donors (Lipinski definition) is 1. The van der Waals surface area contributed by atoms with Crippen molar-refractivity contribution in [2.75, 3.05) is 13.7 Å². The molecule has 0 aliphatic rings. The summed E-state index contributed by atoms with van der Waals surface area (Å²) in [5.41, 5.74) is 2.74. The molecule has 0 spiro atoms. The van der Waals surface area contributed by atoms with Gasteiger partial charge in [-0.3, -0.25) is 4.79 Å². The van der Waals surface area contributed by atoms with Gasteiger partial charge in [-0.1, -0.05) is 24.3 Å². The summed E-state index contributed by atoms with van der Waals surface area (Å²) in [4.78, 5) is 9.82. The average Bonchev–Trinajstić information content (AvgIpc) is 2.26. The molecule has 0 aliphatic carbocycles. The first-order chi connectivity index (χ1) is 7.57. The van der Waals surface area contributed by atoms with E-state index in [0.29, 0.717) is 6.61 Å². The van der Waals surface area contributed by atoms with Crippen LogP contribution in [-0.4, -0.2) is 24.8 Å². The highest BCUT2D eigenvalue weighted by Crippen LogP contribution is 2.02. The first-order valence-corrected chi connectivity index (χ1v) is 5.18. The Balaban J connectivity index is 0. The number of rotatable bonds is 1. The third kappa shape index (κ3) is 10.7. The molecule has 0 amide bonds. The highest BCUT2D eigenvalue weighted by atomic mass is 16.5. The lowest BCUT2D eigenvalue weighted by Gasteiger charge is -1.93. The van der Waals surface area contributed by atoms with E-state index in [0.717, 1.165) is 7.11 Å². The Bertz CT molecular complexity index is 261. The molecule has 1 aromatic carbocycles. The maximum absolute atomic E-state index is 9.82. The van der Waals surface area contributed by atoms with Gasteiger partial charge in [-0.15, -0.1) is 0 Å². The molecule has 0 saturated heterocycles. The summed E-state index contributed by atoms with van der Waals surface area (Å²) >= 11 is 0. The van der Waals surface area contributed by atoms with Crippen LogP contribution in [0.2, 0.25) is 0 Å². The maximum Gasteiger partial charge on any atom is 0.302 e. The van der Waals surface area contributed by atoms with Gasteiger partial charge in [0.1, 0.15) is 0 Å². The van der Waals surface area contributed by atoms with Crippen LogP contribution >= 0.6 is 0 Å². The van der Waals surface area contributed by atoms with Crippen molar-refractivity contribution >= 4 is 5.97 Å². The van der Waals surface area contributed by atoms with Gasteiger partial charge in [-0.25, -0.2) is 0 Å². The van der Waals surface area contributed by atoms with E-state index in [4.69, 9.17) is 5.11 Å². The van der Waals surface area contributed by atoms with Crippen LogP contribution in [0.25, 0.3) is 0 Å². The number of esters is 1. The molecule has 0 atom stereocenters. The number of aliphatic hydroxyl groups excluding tert-OH is 1. The van der Waals surface area contributed by atoms with Gasteiger partial charge in [-0.05, 0) is 31.9 Å². The monoisotopic (exact) mass is 226 g/mol. The van der Waals surface area contributed by atoms with E-state index in [1.807, 2.05) is 0 Å². The Hall–Kier alpha value is -1.35. The van der Waals surface area contributed by atoms with E-state index >= 15 is 0 Å². The molecule has 0 heterocycles. The van der Waals surface area contributed by atoms with Crippen molar-refractivity contribution in [3.05, 3.63) is 35.4 Å². The predicted octanol–water partition coefficient (Wildman–Crippen LogP) is 2.48. The highest BCUT2D eigenvalue weighted by molar-refractivity contribution is 5.65. The number of carbonyl (C=O) groups is 1. The Kier molecular flexibility index (Phi) is 12.5. The lowest BCUT2D eigenvalue weighted by Crippen LogP contribution is -1.95. The van der Waals surface area contributed by atoms with Crippen molar-refractivity contribution in [3.8, 4) is 0 Å². The average molecular weight is 226 g/mol. The first-order valence-electron chi connectivity index (χ1n) is 5.18. The van der Waals surface area contributed by atoms with Crippen molar-refractivity contribution in [1.29, 1.82) is 0 Å². The number of benzene rings is 1. The molecule has 3 heteroatoms. The molecule has 0 radical (unpaired) electrons. The van der Waals surface area contributed by atoms with Gasteiger partial charge < -0.3 is 9.84 Å². The summed E-state index contributed by atoms with van der Waals surface area (Å²) in [7, 11) is 1.00. The van der Waals surface area contributed by atoms with Gasteiger partial charge in [0.15, 0.2) is 0 Å². The molecule has 3 nitrogen and oxygen atoms in total. The van der Waals surface area contributed by atoms with Crippen molar-refractivity contribution in [2.24, 2.45) is 0 Å². The van der Waals surface area contributed by atoms with E-state index in [2.05, 4.69) is 42.8 Å². The summed E-state index contributed by atoms with van der Waals surface area (Å²) in [5, 5.41) is 7.00. The van der Waals surface area contributed by atoms with Crippen LogP contribution in [0.15, 0.2) is 24.3 Å². The number of hydrogen-bond acceptors (Lipinski definition) is 3.